The SMILES string of the molecule is COc1ccc2c(c1)C(c1ccc(Cl)cc1)=N[C@@H]([C@@H](C)C(=O)O)C(=S)N2. The average Bonchev–Trinajstić information content (AvgIpc) is 2.77. The maximum absolute atomic E-state index is 11.5. The van der Waals surface area contributed by atoms with E-state index in [1.807, 2.05) is 30.3 Å². The van der Waals surface area contributed by atoms with Gasteiger partial charge in [0.25, 0.3) is 0 Å². The number of nitrogens with one attached hydrogen (secondary N) is 1. The van der Waals surface area contributed by atoms with E-state index in [2.05, 4.69) is 5.32 Å². The van der Waals surface area contributed by atoms with Gasteiger partial charge in [-0.3, -0.25) is 9.79 Å². The Morgan fingerprint density at radius 3 is 2.62 bits per heavy atom. The second-order valence-corrected chi connectivity index (χ2v) is 6.83. The molecular formula is C19H17ClN2O3S. The Hall–Kier alpha value is -2.44. The van der Waals surface area contributed by atoms with Gasteiger partial charge in [-0.05, 0) is 37.3 Å². The van der Waals surface area contributed by atoms with Crippen molar-refractivity contribution in [2.24, 2.45) is 10.9 Å². The van der Waals surface area contributed by atoms with Crippen LogP contribution in [0.3, 0.4) is 0 Å². The second-order valence-electron chi connectivity index (χ2n) is 5.96. The van der Waals surface area contributed by atoms with Crippen LogP contribution in [0.1, 0.15) is 18.1 Å². The fourth-order valence-corrected chi connectivity index (χ4v) is 3.23. The van der Waals surface area contributed by atoms with Crippen molar-refractivity contribution < 1.29 is 14.6 Å². The normalized spacial score (nSPS) is 17.4. The van der Waals surface area contributed by atoms with Gasteiger partial charge in [-0.1, -0.05) is 36.0 Å². The highest BCUT2D eigenvalue weighted by molar-refractivity contribution is 7.80. The van der Waals surface area contributed by atoms with Crippen molar-refractivity contribution in [1.82, 2.24) is 0 Å². The lowest BCUT2D eigenvalue weighted by Gasteiger charge is -2.17. The lowest BCUT2D eigenvalue weighted by atomic mass is 9.99. The molecule has 5 nitrogen and oxygen atoms in total. The number of thiocarbonyl (C=S) groups is 1. The van der Waals surface area contributed by atoms with Crippen LogP contribution in [0.2, 0.25) is 5.02 Å². The number of rotatable bonds is 4. The fourth-order valence-electron chi connectivity index (χ4n) is 2.74. The highest BCUT2D eigenvalue weighted by atomic mass is 35.5. The first-order valence-corrected chi connectivity index (χ1v) is 8.75. The number of halogens is 1. The Kier molecular flexibility index (Phi) is 5.25. The number of benzene rings is 2. The van der Waals surface area contributed by atoms with Gasteiger partial charge in [0.2, 0.25) is 0 Å². The molecule has 0 aromatic heterocycles. The zero-order valence-corrected chi connectivity index (χ0v) is 15.8. The summed E-state index contributed by atoms with van der Waals surface area (Å²) in [6, 6.07) is 12.1. The summed E-state index contributed by atoms with van der Waals surface area (Å²) in [5.41, 5.74) is 3.00. The molecule has 2 N–H and O–H groups in total. The molecule has 0 saturated carbocycles. The number of anilines is 1. The van der Waals surface area contributed by atoms with Gasteiger partial charge in [0.1, 0.15) is 16.8 Å². The van der Waals surface area contributed by atoms with E-state index in [-0.39, 0.29) is 0 Å². The van der Waals surface area contributed by atoms with E-state index < -0.39 is 17.9 Å². The fraction of sp³-hybridized carbons (Fsp3) is 0.211. The van der Waals surface area contributed by atoms with Gasteiger partial charge in [-0.2, -0.15) is 0 Å². The number of hydrogen-bond donors (Lipinski definition) is 2. The number of aliphatic carboxylic acids is 1. The molecule has 2 aromatic carbocycles. The van der Waals surface area contributed by atoms with E-state index in [9.17, 15) is 9.90 Å². The van der Waals surface area contributed by atoms with Gasteiger partial charge in [-0.25, -0.2) is 0 Å². The number of methoxy groups -OCH3 is 1. The first-order valence-electron chi connectivity index (χ1n) is 7.96. The van der Waals surface area contributed by atoms with Gasteiger partial charge in [0, 0.05) is 21.8 Å². The maximum Gasteiger partial charge on any atom is 0.308 e. The van der Waals surface area contributed by atoms with Crippen molar-refractivity contribution in [3.63, 3.8) is 0 Å². The number of hydrogen-bond acceptors (Lipinski definition) is 4. The van der Waals surface area contributed by atoms with E-state index >= 15 is 0 Å². The van der Waals surface area contributed by atoms with E-state index in [4.69, 9.17) is 33.5 Å². The van der Waals surface area contributed by atoms with E-state index in [0.29, 0.717) is 21.5 Å². The smallest absolute Gasteiger partial charge is 0.308 e. The Balaban J connectivity index is 2.22. The molecule has 3 rings (SSSR count). The highest BCUT2D eigenvalue weighted by Gasteiger charge is 2.31. The Bertz CT molecular complexity index is 896. The van der Waals surface area contributed by atoms with Gasteiger partial charge in [0.05, 0.1) is 18.7 Å². The minimum absolute atomic E-state index is 0.371. The van der Waals surface area contributed by atoms with Crippen molar-refractivity contribution >= 4 is 46.2 Å². The van der Waals surface area contributed by atoms with Crippen molar-refractivity contribution in [3.05, 3.63) is 58.6 Å². The lowest BCUT2D eigenvalue weighted by Crippen LogP contribution is -2.34. The maximum atomic E-state index is 11.5. The largest absolute Gasteiger partial charge is 0.497 e. The van der Waals surface area contributed by atoms with Crippen LogP contribution in [0.25, 0.3) is 0 Å². The summed E-state index contributed by atoms with van der Waals surface area (Å²) in [4.78, 5) is 16.6. The molecule has 134 valence electrons. The minimum Gasteiger partial charge on any atom is -0.497 e. The molecule has 2 aromatic rings. The second kappa shape index (κ2) is 7.43. The third-order valence-electron chi connectivity index (χ3n) is 4.26. The highest BCUT2D eigenvalue weighted by Crippen LogP contribution is 2.30. The zero-order valence-electron chi connectivity index (χ0n) is 14.2. The monoisotopic (exact) mass is 388 g/mol. The Morgan fingerprint density at radius 2 is 2.00 bits per heavy atom. The number of nitrogens with zero attached hydrogens (tertiary/aromatic N) is 1. The predicted octanol–water partition coefficient (Wildman–Crippen LogP) is 4.03. The summed E-state index contributed by atoms with van der Waals surface area (Å²) in [5.74, 6) is -1.06. The molecule has 0 fully saturated rings. The summed E-state index contributed by atoms with van der Waals surface area (Å²) in [6.07, 6.45) is 0. The number of carboxylic acids is 1. The Morgan fingerprint density at radius 1 is 1.31 bits per heavy atom. The minimum atomic E-state index is -0.957. The van der Waals surface area contributed by atoms with E-state index in [1.165, 1.54) is 0 Å². The Labute approximate surface area is 161 Å². The van der Waals surface area contributed by atoms with Crippen molar-refractivity contribution in [2.75, 3.05) is 12.4 Å². The summed E-state index contributed by atoms with van der Waals surface area (Å²) >= 11 is 11.4. The van der Waals surface area contributed by atoms with Crippen LogP contribution < -0.4 is 10.1 Å². The number of carbonyl (C=O) groups is 1. The number of aliphatic imine (C=N–C) groups is 1. The van der Waals surface area contributed by atoms with Gasteiger partial charge >= 0.3 is 5.97 Å². The molecule has 0 saturated heterocycles. The van der Waals surface area contributed by atoms with Crippen LogP contribution in [0.5, 0.6) is 5.75 Å². The number of ether oxygens (including phenoxy) is 1. The average molecular weight is 389 g/mol. The lowest BCUT2D eigenvalue weighted by molar-refractivity contribution is -0.141. The molecule has 0 radical (unpaired) electrons. The molecule has 0 spiro atoms. The van der Waals surface area contributed by atoms with Gasteiger partial charge in [0.15, 0.2) is 0 Å². The first kappa shape index (κ1) is 18.4. The summed E-state index contributed by atoms with van der Waals surface area (Å²) in [6.45, 7) is 1.60. The number of fused-ring (bicyclic) bond motifs is 1. The predicted molar refractivity (Wildman–Crippen MR) is 107 cm³/mol. The van der Waals surface area contributed by atoms with Crippen LogP contribution >= 0.6 is 23.8 Å². The van der Waals surface area contributed by atoms with E-state index in [0.717, 1.165) is 16.8 Å². The van der Waals surface area contributed by atoms with E-state index in [1.54, 1.807) is 26.2 Å². The molecule has 1 heterocycles. The number of carboxylic acid groups (broad SMARTS) is 1. The summed E-state index contributed by atoms with van der Waals surface area (Å²) in [7, 11) is 1.59. The third-order valence-corrected chi connectivity index (χ3v) is 4.85. The zero-order chi connectivity index (χ0) is 18.8. The van der Waals surface area contributed by atoms with Crippen LogP contribution in [0.4, 0.5) is 5.69 Å². The molecule has 0 amide bonds. The summed E-state index contributed by atoms with van der Waals surface area (Å²) in [5, 5.41) is 13.2. The molecule has 1 aliphatic rings. The topological polar surface area (TPSA) is 70.9 Å². The molecule has 0 bridgehead atoms. The molecule has 1 aliphatic heterocycles. The molecular weight excluding hydrogens is 372 g/mol. The van der Waals surface area contributed by atoms with Crippen molar-refractivity contribution in [1.29, 1.82) is 0 Å². The van der Waals surface area contributed by atoms with Crippen molar-refractivity contribution in [2.45, 2.75) is 13.0 Å². The van der Waals surface area contributed by atoms with Crippen LogP contribution in [0, 0.1) is 5.92 Å². The third kappa shape index (κ3) is 3.57. The van der Waals surface area contributed by atoms with Gasteiger partial charge < -0.3 is 15.2 Å². The molecule has 0 unspecified atom stereocenters. The van der Waals surface area contributed by atoms with Gasteiger partial charge in [-0.15, -0.1) is 0 Å². The van der Waals surface area contributed by atoms with Crippen LogP contribution in [-0.2, 0) is 4.79 Å². The molecule has 2 atom stereocenters. The standard InChI is InChI=1S/C19H17ClN2O3S/c1-10(19(23)24)16-18(26)21-15-8-7-13(25-2)9-14(15)17(22-16)11-3-5-12(20)6-4-11/h3-10,16H,1-2H3,(H,21,26)(H,23,24)/t10-,16+/m1/s1. The van der Waals surface area contributed by atoms with Crippen LogP contribution in [-0.4, -0.2) is 34.9 Å². The first-order chi connectivity index (χ1) is 12.4. The molecule has 26 heavy (non-hydrogen) atoms. The molecule has 7 heteroatoms. The van der Waals surface area contributed by atoms with Crippen molar-refractivity contribution in [3.8, 4) is 5.75 Å². The number of benzodiazepines with no additional fused rings is 1. The molecule has 0 aliphatic carbocycles. The quantitative estimate of drug-likeness (QED) is 0.774. The summed E-state index contributed by atoms with van der Waals surface area (Å²) < 4.78 is 5.33. The van der Waals surface area contributed by atoms with Crippen LogP contribution in [0.15, 0.2) is 47.5 Å².